The summed E-state index contributed by atoms with van der Waals surface area (Å²) in [6, 6.07) is -0.292. The molecule has 4 rings (SSSR count). The van der Waals surface area contributed by atoms with Gasteiger partial charge >= 0.3 is 18.5 Å². The summed E-state index contributed by atoms with van der Waals surface area (Å²) in [5.41, 5.74) is 1.96. The molecule has 37 heavy (non-hydrogen) atoms. The van der Waals surface area contributed by atoms with Crippen molar-refractivity contribution in [1.82, 2.24) is 14.7 Å². The molecule has 7 unspecified atom stereocenters. The Kier molecular flexibility index (Phi) is 10.00. The van der Waals surface area contributed by atoms with E-state index in [4.69, 9.17) is 14.6 Å². The van der Waals surface area contributed by atoms with Gasteiger partial charge in [-0.3, -0.25) is 23.8 Å². The van der Waals surface area contributed by atoms with Crippen molar-refractivity contribution in [2.45, 2.75) is 65.0 Å². The average molecular weight is 524 g/mol. The minimum Gasteiger partial charge on any atom is -0.396 e. The number of rotatable bonds is 4. The van der Waals surface area contributed by atoms with Gasteiger partial charge in [0.05, 0.1) is 31.5 Å². The van der Waals surface area contributed by atoms with Crippen molar-refractivity contribution in [3.05, 3.63) is 0 Å². The van der Waals surface area contributed by atoms with Crippen LogP contribution < -0.4 is 0 Å². The molecule has 2 bridgehead atoms. The van der Waals surface area contributed by atoms with Crippen LogP contribution in [0.2, 0.25) is 0 Å². The van der Waals surface area contributed by atoms with Crippen LogP contribution in [0, 0.1) is 17.8 Å². The Morgan fingerprint density at radius 1 is 0.919 bits per heavy atom. The molecule has 0 spiro atoms. The highest BCUT2D eigenvalue weighted by Gasteiger charge is 2.41. The van der Waals surface area contributed by atoms with Gasteiger partial charge in [0.15, 0.2) is 0 Å². The Bertz CT molecular complexity index is 872. The molecule has 3 aliphatic heterocycles. The Labute approximate surface area is 218 Å². The first-order valence-electron chi connectivity index (χ1n) is 13.8. The Hall–Kier alpha value is -1.98. The van der Waals surface area contributed by atoms with E-state index in [1.54, 1.807) is 0 Å². The fraction of sp³-hybridized carbons (Fsp3) is 0.846. The SMILES string of the molecule is CCC1=NN=C(C2CN3CCN(CC)CCN2CC(=O)OC([18F])OC(=O)C3)C2CCCC(C[18F])CCC12. The van der Waals surface area contributed by atoms with E-state index in [1.807, 2.05) is 9.80 Å². The third kappa shape index (κ3) is 7.11. The minimum atomic E-state index is -2.42. The van der Waals surface area contributed by atoms with Gasteiger partial charge in [-0.05, 0) is 44.6 Å². The van der Waals surface area contributed by atoms with Gasteiger partial charge in [-0.25, -0.2) is 0 Å². The summed E-state index contributed by atoms with van der Waals surface area (Å²) in [6.45, 7) is 5.13. The summed E-state index contributed by atoms with van der Waals surface area (Å²) in [5.74, 6) is -1.14. The molecule has 11 heteroatoms. The highest BCUT2D eigenvalue weighted by Crippen LogP contribution is 2.37. The molecule has 0 aromatic carbocycles. The van der Waals surface area contributed by atoms with Crippen molar-refractivity contribution in [3.8, 4) is 0 Å². The lowest BCUT2D eigenvalue weighted by atomic mass is 9.72. The van der Waals surface area contributed by atoms with Gasteiger partial charge in [-0.1, -0.05) is 20.3 Å². The summed E-state index contributed by atoms with van der Waals surface area (Å²) in [5, 5.41) is 9.43. The number of halogens is 2. The van der Waals surface area contributed by atoms with E-state index in [2.05, 4.69) is 23.8 Å². The second-order valence-electron chi connectivity index (χ2n) is 10.6. The molecule has 1 aliphatic carbocycles. The topological polar surface area (TPSA) is 87.0 Å². The normalized spacial score (nSPS) is 36.7. The van der Waals surface area contributed by atoms with Crippen LogP contribution in [0.5, 0.6) is 0 Å². The number of fused-ring (bicyclic) bond motifs is 4. The number of cyclic esters (lactones) is 2. The van der Waals surface area contributed by atoms with Crippen LogP contribution in [-0.2, 0) is 19.1 Å². The molecule has 1 saturated carbocycles. The summed E-state index contributed by atoms with van der Waals surface area (Å²) in [6.07, 6.45) is 5.12. The highest BCUT2D eigenvalue weighted by molar-refractivity contribution is 6.00. The summed E-state index contributed by atoms with van der Waals surface area (Å²) >= 11 is 0. The summed E-state index contributed by atoms with van der Waals surface area (Å²) in [4.78, 5) is 31.4. The molecule has 4 aliphatic rings. The maximum Gasteiger partial charge on any atom is 0.401 e. The average Bonchev–Trinajstić information content (AvgIpc) is 2.91. The molecule has 2 saturated heterocycles. The zero-order chi connectivity index (χ0) is 26.4. The van der Waals surface area contributed by atoms with Crippen LogP contribution >= 0.6 is 0 Å². The molecule has 3 heterocycles. The highest BCUT2D eigenvalue weighted by atomic mass is 18.2. The van der Waals surface area contributed by atoms with Crippen molar-refractivity contribution in [2.75, 3.05) is 59.0 Å². The maximum atomic E-state index is 14.1. The first-order valence-corrected chi connectivity index (χ1v) is 13.8. The zero-order valence-corrected chi connectivity index (χ0v) is 22.1. The van der Waals surface area contributed by atoms with E-state index in [9.17, 15) is 18.4 Å². The third-order valence-corrected chi connectivity index (χ3v) is 8.41. The van der Waals surface area contributed by atoms with Crippen LogP contribution in [0.1, 0.15) is 52.4 Å². The van der Waals surface area contributed by atoms with E-state index in [1.165, 1.54) is 0 Å². The fourth-order valence-corrected chi connectivity index (χ4v) is 6.27. The van der Waals surface area contributed by atoms with Gasteiger partial charge < -0.3 is 14.4 Å². The molecule has 3 fully saturated rings. The smallest absolute Gasteiger partial charge is 0.396 e. The zero-order valence-electron chi connectivity index (χ0n) is 22.1. The fourth-order valence-electron chi connectivity index (χ4n) is 6.27. The first-order chi connectivity index (χ1) is 17.9. The molecular formula is C26H41F2N5O4. The minimum absolute atomic E-state index is 0.0920. The van der Waals surface area contributed by atoms with E-state index in [0.29, 0.717) is 19.6 Å². The van der Waals surface area contributed by atoms with Crippen molar-refractivity contribution >= 4 is 23.4 Å². The van der Waals surface area contributed by atoms with Crippen LogP contribution in [0.15, 0.2) is 10.2 Å². The standard InChI is InChI=1S/C26H41F2N5O4/c1-3-21-19-9-8-18(14-27)6-5-7-20(19)25(30-29-21)22-15-32-11-10-31(4-2)12-13-33(22)17-24(35)37-26(28)36-23(34)16-32/h18-20,22,26H,3-17H2,1-2H3/i27-1,28-1. The van der Waals surface area contributed by atoms with E-state index in [-0.39, 0.29) is 43.6 Å². The van der Waals surface area contributed by atoms with Gasteiger partial charge in [0.1, 0.15) is 0 Å². The van der Waals surface area contributed by atoms with Gasteiger partial charge in [0, 0.05) is 50.3 Å². The van der Waals surface area contributed by atoms with Crippen LogP contribution in [0.4, 0.5) is 8.78 Å². The lowest BCUT2D eigenvalue weighted by Crippen LogP contribution is -2.55. The Morgan fingerprint density at radius 2 is 1.68 bits per heavy atom. The van der Waals surface area contributed by atoms with Crippen LogP contribution in [0.3, 0.4) is 0 Å². The maximum absolute atomic E-state index is 14.1. The number of ether oxygens (including phenoxy) is 2. The number of hydrogen-bond donors (Lipinski definition) is 0. The second-order valence-corrected chi connectivity index (χ2v) is 10.6. The van der Waals surface area contributed by atoms with E-state index < -0.39 is 18.5 Å². The molecule has 0 aromatic rings. The lowest BCUT2D eigenvalue weighted by Gasteiger charge is -2.41. The van der Waals surface area contributed by atoms with Gasteiger partial charge in [-0.2, -0.15) is 14.6 Å². The Morgan fingerprint density at radius 3 is 2.41 bits per heavy atom. The number of carbonyl (C=O) groups excluding carboxylic acids is 2. The molecule has 0 aromatic heterocycles. The summed E-state index contributed by atoms with van der Waals surface area (Å²) in [7, 11) is 0. The number of hydrogen-bond acceptors (Lipinski definition) is 9. The largest absolute Gasteiger partial charge is 0.401 e. The van der Waals surface area contributed by atoms with E-state index in [0.717, 1.165) is 69.6 Å². The Balaban J connectivity index is 1.71. The number of esters is 2. The summed E-state index contributed by atoms with van der Waals surface area (Å²) < 4.78 is 37.2. The molecule has 0 radical (unpaired) electrons. The van der Waals surface area contributed by atoms with Gasteiger partial charge in [0.25, 0.3) is 0 Å². The van der Waals surface area contributed by atoms with Gasteiger partial charge in [-0.15, -0.1) is 0 Å². The predicted molar refractivity (Wildman–Crippen MR) is 136 cm³/mol. The third-order valence-electron chi connectivity index (χ3n) is 8.41. The van der Waals surface area contributed by atoms with Crippen LogP contribution in [-0.4, -0.2) is 110 Å². The number of likely N-dealkylation sites (N-methyl/N-ethyl adjacent to an activating group) is 1. The number of carbonyl (C=O) groups is 2. The number of alkyl halides is 2. The number of nitrogens with zero attached hydrogens (tertiary/aromatic N) is 5. The predicted octanol–water partition coefficient (Wildman–Crippen LogP) is 2.65. The molecule has 9 nitrogen and oxygen atoms in total. The van der Waals surface area contributed by atoms with Crippen molar-refractivity contribution in [2.24, 2.45) is 28.0 Å². The molecular weight excluding hydrogens is 482 g/mol. The second kappa shape index (κ2) is 13.2. The molecule has 7 atom stereocenters. The lowest BCUT2D eigenvalue weighted by molar-refractivity contribution is -0.219. The van der Waals surface area contributed by atoms with Gasteiger partial charge in [0.2, 0.25) is 0 Å². The molecule has 0 amide bonds. The quantitative estimate of drug-likeness (QED) is 0.524. The monoisotopic (exact) mass is 523 g/mol. The van der Waals surface area contributed by atoms with Crippen molar-refractivity contribution < 1.29 is 27.8 Å². The molecule has 0 N–H and O–H groups in total. The van der Waals surface area contributed by atoms with Crippen molar-refractivity contribution in [1.29, 1.82) is 0 Å². The van der Waals surface area contributed by atoms with Crippen molar-refractivity contribution in [3.63, 3.8) is 0 Å². The van der Waals surface area contributed by atoms with Crippen LogP contribution in [0.25, 0.3) is 0 Å². The van der Waals surface area contributed by atoms with E-state index >= 15 is 0 Å². The first kappa shape index (κ1) is 28.0. The molecule has 208 valence electrons.